The zero-order valence-electron chi connectivity index (χ0n) is 38.6. The van der Waals surface area contributed by atoms with Crippen molar-refractivity contribution in [3.8, 4) is 5.75 Å². The van der Waals surface area contributed by atoms with Gasteiger partial charge in [0.15, 0.2) is 9.60 Å². The fraction of sp³-hybridized carbons (Fsp3) is 0.435. The topological polar surface area (TPSA) is 161 Å². The van der Waals surface area contributed by atoms with Crippen LogP contribution in [0.25, 0.3) is 20.4 Å². The molecule has 0 aliphatic rings. The van der Waals surface area contributed by atoms with Crippen LogP contribution in [0.1, 0.15) is 85.2 Å². The third kappa shape index (κ3) is 16.6. The largest absolute Gasteiger partial charge is 0.490 e. The number of alkyl halides is 6. The van der Waals surface area contributed by atoms with Gasteiger partial charge in [0, 0.05) is 39.7 Å². The Labute approximate surface area is 400 Å². The maximum absolute atomic E-state index is 14.0. The number of hydrogen-bond acceptors (Lipinski definition) is 12. The molecule has 0 unspecified atom stereocenters. The van der Waals surface area contributed by atoms with Crippen LogP contribution < -0.4 is 14.3 Å². The van der Waals surface area contributed by atoms with Crippen LogP contribution in [0.5, 0.6) is 5.75 Å². The lowest BCUT2D eigenvalue weighted by atomic mass is 10.1. The number of pyridine rings is 2. The van der Waals surface area contributed by atoms with Crippen LogP contribution in [0.2, 0.25) is 0 Å². The van der Waals surface area contributed by atoms with Crippen LogP contribution in [0.15, 0.2) is 83.3 Å². The molecule has 0 radical (unpaired) electrons. The molecule has 376 valence electrons. The van der Waals surface area contributed by atoms with Crippen molar-refractivity contribution in [1.29, 1.82) is 0 Å². The molecule has 69 heavy (non-hydrogen) atoms. The number of halogens is 7. The predicted molar refractivity (Wildman–Crippen MR) is 245 cm³/mol. The molecule has 4 aromatic heterocycles. The van der Waals surface area contributed by atoms with Gasteiger partial charge in [-0.15, -0.1) is 0 Å². The number of aliphatic hydroxyl groups is 1. The Bertz CT molecular complexity index is 2740. The van der Waals surface area contributed by atoms with E-state index >= 15 is 0 Å². The van der Waals surface area contributed by atoms with Gasteiger partial charge in [0.1, 0.15) is 31.8 Å². The van der Waals surface area contributed by atoms with Gasteiger partial charge in [-0.05, 0) is 75.2 Å². The van der Waals surface area contributed by atoms with Gasteiger partial charge < -0.3 is 37.9 Å². The summed E-state index contributed by atoms with van der Waals surface area (Å²) in [7, 11) is 3.02. The number of ether oxygens (including phenoxy) is 5. The molecule has 2 aromatic carbocycles. The van der Waals surface area contributed by atoms with E-state index in [0.717, 1.165) is 64.3 Å². The Morgan fingerprint density at radius 1 is 0.710 bits per heavy atom. The number of nitrogens with zero attached hydrogens (tertiary/aromatic N) is 6. The van der Waals surface area contributed by atoms with E-state index in [9.17, 15) is 40.3 Å². The summed E-state index contributed by atoms with van der Waals surface area (Å²) in [5, 5.41) is 8.38. The van der Waals surface area contributed by atoms with Crippen molar-refractivity contribution in [3.63, 3.8) is 0 Å². The van der Waals surface area contributed by atoms with E-state index in [1.165, 1.54) is 29.8 Å². The molecule has 0 fully saturated rings. The number of thiazole rings is 2. The number of rotatable bonds is 18. The molecule has 2 amide bonds. The van der Waals surface area contributed by atoms with Gasteiger partial charge >= 0.3 is 12.4 Å². The van der Waals surface area contributed by atoms with E-state index in [4.69, 9.17) is 24.1 Å². The first kappa shape index (κ1) is 56.2. The van der Waals surface area contributed by atoms with Crippen molar-refractivity contribution in [2.24, 2.45) is 9.98 Å². The Balaban J connectivity index is 0.000000264. The first-order chi connectivity index (χ1) is 32.9. The van der Waals surface area contributed by atoms with Crippen LogP contribution in [-0.4, -0.2) is 89.3 Å². The first-order valence-corrected chi connectivity index (χ1v) is 23.1. The van der Waals surface area contributed by atoms with Gasteiger partial charge in [0.25, 0.3) is 11.8 Å². The molecule has 14 nitrogen and oxygen atoms in total. The maximum atomic E-state index is 14.0. The SMILES string of the molecule is CCCCn1c(=NC(=O)c2cc(C(F)(F)F)ccc2F)sc2ccncc21.CCCCn1c(=NC(=O)c2cc(C(F)(F)F)ccc2OC[C@@H](C)OCOC)sc2ccncc21.COCO[C@H](C)CO. The smallest absolute Gasteiger partial charge is 0.416 e. The number of fused-ring (bicyclic) bond motifs is 2. The summed E-state index contributed by atoms with van der Waals surface area (Å²) in [5.41, 5.74) is -1.44. The highest BCUT2D eigenvalue weighted by molar-refractivity contribution is 7.16. The summed E-state index contributed by atoms with van der Waals surface area (Å²) in [4.78, 5) is 42.6. The number of amides is 2. The molecular formula is C46H53F7N6O8S2. The molecule has 0 saturated heterocycles. The lowest BCUT2D eigenvalue weighted by Gasteiger charge is -2.16. The molecule has 0 bridgehead atoms. The number of aryl methyl sites for hydroxylation is 2. The highest BCUT2D eigenvalue weighted by Crippen LogP contribution is 2.34. The Morgan fingerprint density at radius 2 is 1.17 bits per heavy atom. The molecule has 0 aliphatic carbocycles. The lowest BCUT2D eigenvalue weighted by Crippen LogP contribution is -2.21. The minimum Gasteiger partial charge on any atom is -0.490 e. The van der Waals surface area contributed by atoms with E-state index in [1.807, 2.05) is 24.5 Å². The van der Waals surface area contributed by atoms with Gasteiger partial charge in [0.2, 0.25) is 0 Å². The molecule has 1 N–H and O–H groups in total. The van der Waals surface area contributed by atoms with Crippen LogP contribution >= 0.6 is 22.7 Å². The maximum Gasteiger partial charge on any atom is 0.416 e. The third-order valence-electron chi connectivity index (χ3n) is 9.57. The van der Waals surface area contributed by atoms with Gasteiger partial charge in [-0.1, -0.05) is 49.4 Å². The van der Waals surface area contributed by atoms with Crippen molar-refractivity contribution in [1.82, 2.24) is 19.1 Å². The molecule has 23 heteroatoms. The van der Waals surface area contributed by atoms with Crippen molar-refractivity contribution in [3.05, 3.63) is 111 Å². The number of carbonyl (C=O) groups is 2. The summed E-state index contributed by atoms with van der Waals surface area (Å²) in [6, 6.07) is 8.07. The summed E-state index contributed by atoms with van der Waals surface area (Å²) in [5.74, 6) is -2.92. The third-order valence-corrected chi connectivity index (χ3v) is 11.7. The average molecular weight is 1020 g/mol. The average Bonchev–Trinajstić information content (AvgIpc) is 3.86. The Hall–Kier alpha value is -5.43. The number of hydrogen-bond donors (Lipinski definition) is 1. The quantitative estimate of drug-likeness (QED) is 0.0649. The molecule has 6 rings (SSSR count). The number of methoxy groups -OCH3 is 2. The molecule has 4 heterocycles. The molecule has 0 saturated carbocycles. The summed E-state index contributed by atoms with van der Waals surface area (Å²) >= 11 is 2.48. The van der Waals surface area contributed by atoms with Crippen LogP contribution in [-0.2, 0) is 44.4 Å². The monoisotopic (exact) mass is 1010 g/mol. The highest BCUT2D eigenvalue weighted by atomic mass is 32.1. The van der Waals surface area contributed by atoms with Gasteiger partial charge in [0.05, 0.1) is 73.9 Å². The number of aliphatic hydroxyl groups excluding tert-OH is 1. The summed E-state index contributed by atoms with van der Waals surface area (Å²) in [6.07, 6.45) is 0.234. The minimum atomic E-state index is -4.67. The molecule has 0 aliphatic heterocycles. The van der Waals surface area contributed by atoms with Crippen molar-refractivity contribution >= 4 is 54.9 Å². The van der Waals surface area contributed by atoms with E-state index in [1.54, 1.807) is 56.4 Å². The van der Waals surface area contributed by atoms with E-state index in [-0.39, 0.29) is 44.2 Å². The summed E-state index contributed by atoms with van der Waals surface area (Å²) < 4.78 is 123. The zero-order valence-corrected chi connectivity index (χ0v) is 40.2. The van der Waals surface area contributed by atoms with Crippen molar-refractivity contribution in [2.75, 3.05) is 41.0 Å². The molecular weight excluding hydrogens is 962 g/mol. The minimum absolute atomic E-state index is 0.00231. The van der Waals surface area contributed by atoms with Crippen LogP contribution in [0, 0.1) is 5.82 Å². The second-order valence-electron chi connectivity index (χ2n) is 15.0. The molecule has 6 aromatic rings. The first-order valence-electron chi connectivity index (χ1n) is 21.4. The van der Waals surface area contributed by atoms with E-state index in [0.29, 0.717) is 40.9 Å². The predicted octanol–water partition coefficient (Wildman–Crippen LogP) is 9.83. The standard InChI is InChI=1S/C23H26F3N3O4S.C18H15F4N3OS.C5H12O3/c1-4-5-10-29-18-12-27-9-8-20(18)34-22(29)28-21(30)17-11-16(23(24,25)26)6-7-19(17)32-13-15(2)33-14-31-3;1-2-3-8-25-14-10-23-7-6-15(14)27-17(25)24-16(26)12-9-11(18(20,21)22)4-5-13(12)19;1-5(3-6)8-4-7-2/h6-9,11-12,15H,4-5,10,13-14H2,1-3H3;4-7,9-10H,2-3,8H2,1H3;5-6H,3-4H2,1-2H3/t15-;;5-/m1.1/s1. The number of benzene rings is 2. The second kappa shape index (κ2) is 27.1. The zero-order chi connectivity index (χ0) is 50.7. The fourth-order valence-electron chi connectivity index (χ4n) is 5.90. The highest BCUT2D eigenvalue weighted by Gasteiger charge is 2.33. The van der Waals surface area contributed by atoms with Crippen molar-refractivity contribution < 1.29 is 69.1 Å². The van der Waals surface area contributed by atoms with Gasteiger partial charge in [-0.2, -0.15) is 36.3 Å². The Morgan fingerprint density at radius 3 is 1.64 bits per heavy atom. The number of carbonyl (C=O) groups excluding carboxylic acids is 2. The normalized spacial score (nSPS) is 13.2. The second-order valence-corrected chi connectivity index (χ2v) is 17.0. The van der Waals surface area contributed by atoms with E-state index in [2.05, 4.69) is 24.7 Å². The van der Waals surface area contributed by atoms with Crippen molar-refractivity contribution in [2.45, 2.75) is 91.0 Å². The fourth-order valence-corrected chi connectivity index (χ4v) is 7.95. The molecule has 2 atom stereocenters. The van der Waals surface area contributed by atoms with Gasteiger partial charge in [-0.3, -0.25) is 19.6 Å². The van der Waals surface area contributed by atoms with Crippen LogP contribution in [0.3, 0.4) is 0 Å². The summed E-state index contributed by atoms with van der Waals surface area (Å²) in [6.45, 7) is 9.07. The van der Waals surface area contributed by atoms with Gasteiger partial charge in [-0.25, -0.2) is 4.39 Å². The lowest BCUT2D eigenvalue weighted by molar-refractivity contribution is -0.138. The van der Waals surface area contributed by atoms with Crippen LogP contribution in [0.4, 0.5) is 30.7 Å². The number of aromatic nitrogens is 4. The number of unbranched alkanes of at least 4 members (excludes halogenated alkanes) is 2. The van der Waals surface area contributed by atoms with E-state index < -0.39 is 52.8 Å². The molecule has 0 spiro atoms. The Kier molecular flexibility index (Phi) is 22.1.